The van der Waals surface area contributed by atoms with Crippen molar-refractivity contribution in [2.24, 2.45) is 11.0 Å². The highest BCUT2D eigenvalue weighted by atomic mass is 31.1. The predicted molar refractivity (Wildman–Crippen MR) is 16.0 cm³/mol. The van der Waals surface area contributed by atoms with Gasteiger partial charge < -0.3 is 0 Å². The summed E-state index contributed by atoms with van der Waals surface area (Å²) >= 11 is 0. The van der Waals surface area contributed by atoms with Crippen LogP contribution in [0.3, 0.4) is 0 Å². The Bertz CT molecular complexity index is 29.0. The van der Waals surface area contributed by atoms with Crippen molar-refractivity contribution >= 4 is 8.10 Å². The summed E-state index contributed by atoms with van der Waals surface area (Å²) in [4.78, 5) is 0. The Kier molecular flexibility index (Phi) is 1.36. The van der Waals surface area contributed by atoms with Gasteiger partial charge in [0.1, 0.15) is 0 Å². The van der Waals surface area contributed by atoms with Crippen LogP contribution in [-0.2, 0) is 4.57 Å². The summed E-state index contributed by atoms with van der Waals surface area (Å²) in [7, 11) is -1.87. The molecular weight excluding hydrogens is 75.0 g/mol. The molecule has 0 spiro atoms. The van der Waals surface area contributed by atoms with Crippen LogP contribution in [0.15, 0.2) is 0 Å². The van der Waals surface area contributed by atoms with Gasteiger partial charge >= 0.3 is 8.10 Å². The Morgan fingerprint density at radius 2 is 1.50 bits per heavy atom. The molecular formula is H4N2OP+. The Balaban J connectivity index is 2.80. The zero-order valence-corrected chi connectivity index (χ0v) is 2.90. The summed E-state index contributed by atoms with van der Waals surface area (Å²) in [6, 6.07) is 0. The summed E-state index contributed by atoms with van der Waals surface area (Å²) in [6.45, 7) is 0. The van der Waals surface area contributed by atoms with Crippen LogP contribution < -0.4 is 11.0 Å². The summed E-state index contributed by atoms with van der Waals surface area (Å²) in [6.07, 6.45) is 0. The van der Waals surface area contributed by atoms with Crippen LogP contribution in [0.2, 0.25) is 0 Å². The smallest absolute Gasteiger partial charge is 0.104 e. The van der Waals surface area contributed by atoms with E-state index in [1.807, 2.05) is 0 Å². The highest BCUT2D eigenvalue weighted by Crippen LogP contribution is 1.82. The second-order valence-corrected chi connectivity index (χ2v) is 1.08. The molecule has 0 saturated heterocycles. The van der Waals surface area contributed by atoms with E-state index in [-0.39, 0.29) is 0 Å². The molecule has 3 nitrogen and oxygen atoms in total. The van der Waals surface area contributed by atoms with Crippen LogP contribution in [-0.4, -0.2) is 0 Å². The molecule has 0 amide bonds. The first kappa shape index (κ1) is 4.02. The van der Waals surface area contributed by atoms with Gasteiger partial charge in [0.2, 0.25) is 0 Å². The van der Waals surface area contributed by atoms with E-state index in [0.717, 1.165) is 0 Å². The van der Waals surface area contributed by atoms with E-state index in [1.165, 1.54) is 0 Å². The minimum atomic E-state index is -1.87. The van der Waals surface area contributed by atoms with E-state index >= 15 is 0 Å². The molecule has 0 rings (SSSR count). The molecule has 0 unspecified atom stereocenters. The second kappa shape index (κ2) is 1.35. The number of nitrogens with two attached hydrogens (primary N) is 2. The molecule has 0 aliphatic heterocycles. The Morgan fingerprint density at radius 1 is 1.50 bits per heavy atom. The fourth-order valence-electron chi connectivity index (χ4n) is 0. The second-order valence-electron chi connectivity index (χ2n) is 0.360. The van der Waals surface area contributed by atoms with E-state index in [2.05, 4.69) is 11.0 Å². The molecule has 0 heterocycles. The standard InChI is InChI=1S/H4N2OP/c1-4(2)3/h(H4,1,2,3)/q+1. The first-order chi connectivity index (χ1) is 1.73. The van der Waals surface area contributed by atoms with E-state index in [0.29, 0.717) is 0 Å². The Hall–Kier alpha value is 0.0200. The first-order valence-corrected chi connectivity index (χ1v) is 2.10. The lowest BCUT2D eigenvalue weighted by Crippen LogP contribution is -1.84. The molecule has 0 aliphatic rings. The van der Waals surface area contributed by atoms with Gasteiger partial charge in [0.05, 0.1) is 0 Å². The normalized spacial score (nSPS) is 6.50. The molecule has 4 heteroatoms. The third-order valence-electron chi connectivity index (χ3n) is 0. The first-order valence-electron chi connectivity index (χ1n) is 0.699. The fraction of sp³-hybridized carbons (Fsp3) is 0. The molecule has 0 aliphatic carbocycles. The third-order valence-corrected chi connectivity index (χ3v) is 0. The van der Waals surface area contributed by atoms with Crippen LogP contribution in [0, 0.1) is 0 Å². The van der Waals surface area contributed by atoms with E-state index in [4.69, 9.17) is 4.57 Å². The van der Waals surface area contributed by atoms with Crippen LogP contribution in [0.25, 0.3) is 0 Å². The predicted octanol–water partition coefficient (Wildman–Crippen LogP) is -0.439. The molecule has 0 bridgehead atoms. The Morgan fingerprint density at radius 3 is 1.50 bits per heavy atom. The molecule has 4 N–H and O–H groups in total. The maximum absolute atomic E-state index is 9.15. The van der Waals surface area contributed by atoms with Gasteiger partial charge in [0, 0.05) is 0 Å². The van der Waals surface area contributed by atoms with Crippen molar-refractivity contribution in [1.29, 1.82) is 0 Å². The average Bonchev–Trinajstić information content (AvgIpc) is 0.811. The molecule has 24 valence electrons. The highest BCUT2D eigenvalue weighted by molar-refractivity contribution is 7.39. The van der Waals surface area contributed by atoms with Crippen molar-refractivity contribution in [3.63, 3.8) is 0 Å². The van der Waals surface area contributed by atoms with Gasteiger partial charge in [0.25, 0.3) is 0 Å². The maximum atomic E-state index is 9.15. The third kappa shape index (κ3) is 5250. The molecule has 0 aromatic carbocycles. The average molecular weight is 79.0 g/mol. The van der Waals surface area contributed by atoms with Gasteiger partial charge in [-0.25, -0.2) is 0 Å². The van der Waals surface area contributed by atoms with E-state index in [9.17, 15) is 0 Å². The SMILES string of the molecule is N[P+](N)=O. The molecule has 0 saturated carbocycles. The molecule has 0 atom stereocenters. The minimum Gasteiger partial charge on any atom is -0.104 e. The zero-order valence-electron chi connectivity index (χ0n) is 2.01. The molecule has 0 fully saturated rings. The zero-order chi connectivity index (χ0) is 3.58. The molecule has 0 radical (unpaired) electrons. The van der Waals surface area contributed by atoms with Crippen molar-refractivity contribution in [1.82, 2.24) is 0 Å². The van der Waals surface area contributed by atoms with Crippen LogP contribution in [0.5, 0.6) is 0 Å². The lowest BCUT2D eigenvalue weighted by molar-refractivity contribution is 0.589. The highest BCUT2D eigenvalue weighted by Gasteiger charge is 1.83. The van der Waals surface area contributed by atoms with Gasteiger partial charge in [-0.15, -0.1) is 11.0 Å². The van der Waals surface area contributed by atoms with Crippen LogP contribution in [0.4, 0.5) is 0 Å². The lowest BCUT2D eigenvalue weighted by Gasteiger charge is -1.39. The van der Waals surface area contributed by atoms with Gasteiger partial charge in [-0.3, -0.25) is 0 Å². The molecule has 4 heavy (non-hydrogen) atoms. The Labute approximate surface area is 24.9 Å². The lowest BCUT2D eigenvalue weighted by atomic mass is 13.9. The number of hydrogen-bond donors (Lipinski definition) is 2. The summed E-state index contributed by atoms with van der Waals surface area (Å²) in [5, 5.41) is 0. The van der Waals surface area contributed by atoms with E-state index < -0.39 is 8.10 Å². The largest absolute Gasteiger partial charge is 0.526 e. The van der Waals surface area contributed by atoms with Crippen molar-refractivity contribution in [2.45, 2.75) is 0 Å². The number of rotatable bonds is 0. The number of hydrogen-bond acceptors (Lipinski definition) is 1. The maximum Gasteiger partial charge on any atom is 0.526 e. The van der Waals surface area contributed by atoms with Crippen molar-refractivity contribution in [2.75, 3.05) is 0 Å². The van der Waals surface area contributed by atoms with Crippen LogP contribution in [0.1, 0.15) is 0 Å². The monoisotopic (exact) mass is 79.0 g/mol. The van der Waals surface area contributed by atoms with Gasteiger partial charge in [0.15, 0.2) is 0 Å². The van der Waals surface area contributed by atoms with Crippen LogP contribution >= 0.6 is 8.10 Å². The van der Waals surface area contributed by atoms with Gasteiger partial charge in [-0.05, 0) is 4.57 Å². The minimum absolute atomic E-state index is 1.87. The van der Waals surface area contributed by atoms with Crippen molar-refractivity contribution < 1.29 is 4.57 Å². The molecule has 0 aromatic rings. The van der Waals surface area contributed by atoms with Crippen molar-refractivity contribution in [3.8, 4) is 0 Å². The van der Waals surface area contributed by atoms with E-state index in [1.54, 1.807) is 0 Å². The fourth-order valence-corrected chi connectivity index (χ4v) is 0. The summed E-state index contributed by atoms with van der Waals surface area (Å²) < 4.78 is 9.15. The topological polar surface area (TPSA) is 69.1 Å². The summed E-state index contributed by atoms with van der Waals surface area (Å²) in [5.41, 5.74) is 8.80. The summed E-state index contributed by atoms with van der Waals surface area (Å²) in [5.74, 6) is 0. The van der Waals surface area contributed by atoms with Crippen molar-refractivity contribution in [3.05, 3.63) is 0 Å². The van der Waals surface area contributed by atoms with Gasteiger partial charge in [-0.2, -0.15) is 0 Å². The quantitative estimate of drug-likeness (QED) is 0.387. The molecule has 0 aromatic heterocycles. The van der Waals surface area contributed by atoms with Gasteiger partial charge in [-0.1, -0.05) is 0 Å².